The van der Waals surface area contributed by atoms with Gasteiger partial charge in [-0.15, -0.1) is 11.3 Å². The van der Waals surface area contributed by atoms with Gasteiger partial charge < -0.3 is 24.8 Å². The number of hydrogen-bond donors (Lipinski definition) is 2. The minimum absolute atomic E-state index is 0.234. The van der Waals surface area contributed by atoms with Gasteiger partial charge in [-0.05, 0) is 29.8 Å². The Bertz CT molecular complexity index is 941. The predicted molar refractivity (Wildman–Crippen MR) is 109 cm³/mol. The van der Waals surface area contributed by atoms with E-state index >= 15 is 0 Å². The number of carbonyl (C=O) groups excluding carboxylic acids is 1. The Morgan fingerprint density at radius 2 is 1.71 bits per heavy atom. The molecule has 0 aliphatic rings. The Morgan fingerprint density at radius 1 is 1.00 bits per heavy atom. The van der Waals surface area contributed by atoms with Crippen molar-refractivity contribution in [3.8, 4) is 17.2 Å². The summed E-state index contributed by atoms with van der Waals surface area (Å²) in [5.41, 5.74) is 2.07. The molecule has 7 nitrogen and oxygen atoms in total. The molecule has 0 atom stereocenters. The lowest BCUT2D eigenvalue weighted by atomic mass is 10.2. The fraction of sp³-hybridized carbons (Fsp3) is 0.200. The molecule has 146 valence electrons. The zero-order valence-corrected chi connectivity index (χ0v) is 16.6. The summed E-state index contributed by atoms with van der Waals surface area (Å²) in [5.74, 6) is 1.86. The highest BCUT2D eigenvalue weighted by molar-refractivity contribution is 7.14. The summed E-state index contributed by atoms with van der Waals surface area (Å²) < 4.78 is 15.7. The van der Waals surface area contributed by atoms with Crippen LogP contribution in [0.4, 0.5) is 10.8 Å². The van der Waals surface area contributed by atoms with Gasteiger partial charge >= 0.3 is 0 Å². The van der Waals surface area contributed by atoms with Gasteiger partial charge in [-0.25, -0.2) is 4.98 Å². The fourth-order valence-electron chi connectivity index (χ4n) is 2.47. The van der Waals surface area contributed by atoms with Crippen molar-refractivity contribution in [2.45, 2.75) is 6.54 Å². The second-order valence-corrected chi connectivity index (χ2v) is 6.62. The molecule has 0 spiro atoms. The lowest BCUT2D eigenvalue weighted by molar-refractivity contribution is 0.0946. The molecule has 2 aromatic carbocycles. The lowest BCUT2D eigenvalue weighted by Crippen LogP contribution is -2.23. The third-order valence-electron chi connectivity index (χ3n) is 4.00. The summed E-state index contributed by atoms with van der Waals surface area (Å²) in [6.45, 7) is 0.412. The third kappa shape index (κ3) is 4.72. The Balaban J connectivity index is 1.62. The molecule has 0 radical (unpaired) electrons. The van der Waals surface area contributed by atoms with Crippen molar-refractivity contribution in [1.82, 2.24) is 10.3 Å². The monoisotopic (exact) mass is 399 g/mol. The van der Waals surface area contributed by atoms with E-state index in [1.165, 1.54) is 11.3 Å². The molecular formula is C20H21N3O4S. The van der Waals surface area contributed by atoms with E-state index in [1.54, 1.807) is 32.8 Å². The van der Waals surface area contributed by atoms with E-state index in [0.717, 1.165) is 17.0 Å². The number of hydrogen-bond acceptors (Lipinski definition) is 7. The van der Waals surface area contributed by atoms with Crippen molar-refractivity contribution in [2.24, 2.45) is 0 Å². The van der Waals surface area contributed by atoms with Gasteiger partial charge in [0.25, 0.3) is 5.91 Å². The SMILES string of the molecule is COc1ccc(CNC(=O)c2csc(Nc3ccc(OC)cc3OC)n2)cc1. The number of carbonyl (C=O) groups is 1. The van der Waals surface area contributed by atoms with E-state index in [4.69, 9.17) is 14.2 Å². The van der Waals surface area contributed by atoms with Crippen LogP contribution in [0.3, 0.4) is 0 Å². The van der Waals surface area contributed by atoms with Gasteiger partial charge in [0.1, 0.15) is 22.9 Å². The van der Waals surface area contributed by atoms with Crippen LogP contribution in [0.25, 0.3) is 0 Å². The number of benzene rings is 2. The van der Waals surface area contributed by atoms with Crippen LogP contribution < -0.4 is 24.8 Å². The van der Waals surface area contributed by atoms with Crippen LogP contribution in [-0.2, 0) is 6.54 Å². The predicted octanol–water partition coefficient (Wildman–Crippen LogP) is 3.84. The van der Waals surface area contributed by atoms with E-state index in [0.29, 0.717) is 28.9 Å². The Labute approximate surface area is 167 Å². The molecule has 28 heavy (non-hydrogen) atoms. The topological polar surface area (TPSA) is 81.7 Å². The Hall–Kier alpha value is -3.26. The Morgan fingerprint density at radius 3 is 2.39 bits per heavy atom. The maximum atomic E-state index is 12.4. The van der Waals surface area contributed by atoms with E-state index in [-0.39, 0.29) is 5.91 Å². The minimum Gasteiger partial charge on any atom is -0.497 e. The molecule has 0 saturated carbocycles. The van der Waals surface area contributed by atoms with E-state index < -0.39 is 0 Å². The van der Waals surface area contributed by atoms with Crippen LogP contribution in [0, 0.1) is 0 Å². The second-order valence-electron chi connectivity index (χ2n) is 5.76. The molecule has 0 bridgehead atoms. The van der Waals surface area contributed by atoms with Crippen molar-refractivity contribution >= 4 is 28.1 Å². The summed E-state index contributed by atoms with van der Waals surface area (Å²) in [4.78, 5) is 16.7. The average molecular weight is 399 g/mol. The van der Waals surface area contributed by atoms with Gasteiger partial charge in [0, 0.05) is 18.0 Å². The number of anilines is 2. The molecular weight excluding hydrogens is 378 g/mol. The van der Waals surface area contributed by atoms with Crippen molar-refractivity contribution in [3.05, 3.63) is 59.1 Å². The summed E-state index contributed by atoms with van der Waals surface area (Å²) in [5, 5.41) is 8.34. The highest BCUT2D eigenvalue weighted by Gasteiger charge is 2.12. The zero-order valence-electron chi connectivity index (χ0n) is 15.8. The van der Waals surface area contributed by atoms with Crippen LogP contribution >= 0.6 is 11.3 Å². The van der Waals surface area contributed by atoms with Crippen LogP contribution in [-0.4, -0.2) is 32.2 Å². The van der Waals surface area contributed by atoms with E-state index in [1.807, 2.05) is 36.4 Å². The van der Waals surface area contributed by atoms with Crippen LogP contribution in [0.1, 0.15) is 16.1 Å². The lowest BCUT2D eigenvalue weighted by Gasteiger charge is -2.10. The number of nitrogens with zero attached hydrogens (tertiary/aromatic N) is 1. The first kappa shape index (κ1) is 19.5. The van der Waals surface area contributed by atoms with Crippen molar-refractivity contribution < 1.29 is 19.0 Å². The van der Waals surface area contributed by atoms with Gasteiger partial charge in [0.2, 0.25) is 0 Å². The number of methoxy groups -OCH3 is 3. The molecule has 8 heteroatoms. The first-order chi connectivity index (χ1) is 13.6. The second kappa shape index (κ2) is 9.09. The summed E-state index contributed by atoms with van der Waals surface area (Å²) in [7, 11) is 4.80. The standard InChI is InChI=1S/C20H21N3O4S/c1-25-14-6-4-13(5-7-14)11-21-19(24)17-12-28-20(23-17)22-16-9-8-15(26-2)10-18(16)27-3/h4-10,12H,11H2,1-3H3,(H,21,24)(H,22,23). The van der Waals surface area contributed by atoms with Gasteiger partial charge in [-0.1, -0.05) is 12.1 Å². The van der Waals surface area contributed by atoms with Gasteiger partial charge in [-0.3, -0.25) is 4.79 Å². The number of thiazole rings is 1. The molecule has 1 aromatic heterocycles. The van der Waals surface area contributed by atoms with Crippen molar-refractivity contribution in [2.75, 3.05) is 26.6 Å². The largest absolute Gasteiger partial charge is 0.497 e. The highest BCUT2D eigenvalue weighted by atomic mass is 32.1. The third-order valence-corrected chi connectivity index (χ3v) is 4.76. The molecule has 0 fully saturated rings. The fourth-order valence-corrected chi connectivity index (χ4v) is 3.17. The maximum Gasteiger partial charge on any atom is 0.271 e. The first-order valence-electron chi connectivity index (χ1n) is 8.48. The molecule has 2 N–H and O–H groups in total. The number of nitrogens with one attached hydrogen (secondary N) is 2. The normalized spacial score (nSPS) is 10.2. The first-order valence-corrected chi connectivity index (χ1v) is 9.36. The Kier molecular flexibility index (Phi) is 6.33. The molecule has 1 amide bonds. The summed E-state index contributed by atoms with van der Waals surface area (Å²) >= 11 is 1.34. The quantitative estimate of drug-likeness (QED) is 0.599. The van der Waals surface area contributed by atoms with Gasteiger partial charge in [0.15, 0.2) is 5.13 Å². The average Bonchev–Trinajstić information content (AvgIpc) is 3.21. The molecule has 0 saturated heterocycles. The molecule has 3 aromatic rings. The summed E-state index contributed by atoms with van der Waals surface area (Å²) in [6, 6.07) is 13.0. The van der Waals surface area contributed by atoms with Crippen molar-refractivity contribution in [3.63, 3.8) is 0 Å². The van der Waals surface area contributed by atoms with Crippen LogP contribution in [0.5, 0.6) is 17.2 Å². The number of amides is 1. The van der Waals surface area contributed by atoms with E-state index in [9.17, 15) is 4.79 Å². The smallest absolute Gasteiger partial charge is 0.271 e. The molecule has 0 aliphatic carbocycles. The van der Waals surface area contributed by atoms with Gasteiger partial charge in [0.05, 0.1) is 27.0 Å². The highest BCUT2D eigenvalue weighted by Crippen LogP contribution is 2.32. The van der Waals surface area contributed by atoms with Crippen LogP contribution in [0.2, 0.25) is 0 Å². The van der Waals surface area contributed by atoms with Crippen molar-refractivity contribution in [1.29, 1.82) is 0 Å². The molecule has 0 unspecified atom stereocenters. The molecule has 0 aliphatic heterocycles. The summed E-state index contributed by atoms with van der Waals surface area (Å²) in [6.07, 6.45) is 0. The zero-order chi connectivity index (χ0) is 19.9. The molecule has 1 heterocycles. The minimum atomic E-state index is -0.234. The maximum absolute atomic E-state index is 12.4. The number of ether oxygens (including phenoxy) is 3. The molecule has 3 rings (SSSR count). The van der Waals surface area contributed by atoms with Gasteiger partial charge in [-0.2, -0.15) is 0 Å². The number of aromatic nitrogens is 1. The van der Waals surface area contributed by atoms with E-state index in [2.05, 4.69) is 15.6 Å². The number of rotatable bonds is 8. The van der Waals surface area contributed by atoms with Crippen LogP contribution in [0.15, 0.2) is 47.8 Å².